The van der Waals surface area contributed by atoms with Crippen LogP contribution in [0, 0.1) is 5.92 Å². The highest BCUT2D eigenvalue weighted by atomic mass is 16.3. The van der Waals surface area contributed by atoms with E-state index in [1.807, 2.05) is 12.1 Å². The maximum atomic E-state index is 5.68. The van der Waals surface area contributed by atoms with Gasteiger partial charge in [-0.15, -0.1) is 0 Å². The second kappa shape index (κ2) is 7.49. The van der Waals surface area contributed by atoms with Crippen molar-refractivity contribution in [2.45, 2.75) is 26.2 Å². The molecule has 86 valence electrons. The lowest BCUT2D eigenvalue weighted by molar-refractivity contribution is 0.440. The minimum absolute atomic E-state index is 0.617. The first-order chi connectivity index (χ1) is 7.36. The van der Waals surface area contributed by atoms with Crippen molar-refractivity contribution in [2.75, 3.05) is 19.6 Å². The molecule has 0 radical (unpaired) electrons. The van der Waals surface area contributed by atoms with E-state index in [0.29, 0.717) is 5.92 Å². The summed E-state index contributed by atoms with van der Waals surface area (Å²) in [4.78, 5) is 0. The number of hydrogen-bond donors (Lipinski definition) is 2. The van der Waals surface area contributed by atoms with E-state index in [0.717, 1.165) is 31.8 Å². The Hall–Kier alpha value is -0.800. The van der Waals surface area contributed by atoms with E-state index >= 15 is 0 Å². The van der Waals surface area contributed by atoms with Gasteiger partial charge in [-0.05, 0) is 37.6 Å². The van der Waals surface area contributed by atoms with Crippen LogP contribution in [0.3, 0.4) is 0 Å². The van der Waals surface area contributed by atoms with Gasteiger partial charge in [0.05, 0.1) is 6.26 Å². The van der Waals surface area contributed by atoms with Gasteiger partial charge in [0.1, 0.15) is 5.76 Å². The lowest BCUT2D eigenvalue weighted by Crippen LogP contribution is -2.29. The first-order valence-electron chi connectivity index (χ1n) is 5.80. The highest BCUT2D eigenvalue weighted by Crippen LogP contribution is 2.03. The van der Waals surface area contributed by atoms with Gasteiger partial charge in [0.2, 0.25) is 0 Å². The minimum Gasteiger partial charge on any atom is -0.469 e. The van der Waals surface area contributed by atoms with Gasteiger partial charge in [0.15, 0.2) is 0 Å². The number of nitrogens with one attached hydrogen (secondary N) is 1. The fourth-order valence-electron chi connectivity index (χ4n) is 1.68. The summed E-state index contributed by atoms with van der Waals surface area (Å²) < 4.78 is 5.25. The molecule has 0 amide bonds. The van der Waals surface area contributed by atoms with Gasteiger partial charge in [-0.25, -0.2) is 0 Å². The monoisotopic (exact) mass is 210 g/mol. The summed E-state index contributed by atoms with van der Waals surface area (Å²) in [6.07, 6.45) is 5.09. The minimum atomic E-state index is 0.617. The quantitative estimate of drug-likeness (QED) is 0.643. The molecule has 3 N–H and O–H groups in total. The average molecular weight is 210 g/mol. The summed E-state index contributed by atoms with van der Waals surface area (Å²) in [5, 5.41) is 3.42. The molecule has 3 nitrogen and oxygen atoms in total. The molecule has 0 aromatic carbocycles. The van der Waals surface area contributed by atoms with Crippen LogP contribution in [0.15, 0.2) is 22.8 Å². The highest BCUT2D eigenvalue weighted by molar-refractivity contribution is 4.98. The molecular weight excluding hydrogens is 188 g/mol. The molecule has 0 aliphatic rings. The Morgan fingerprint density at radius 3 is 3.00 bits per heavy atom. The van der Waals surface area contributed by atoms with E-state index in [2.05, 4.69) is 12.2 Å². The molecule has 1 unspecified atom stereocenters. The largest absolute Gasteiger partial charge is 0.469 e. The Labute approximate surface area is 92.0 Å². The van der Waals surface area contributed by atoms with Crippen LogP contribution in [0.5, 0.6) is 0 Å². The number of furan rings is 1. The summed E-state index contributed by atoms with van der Waals surface area (Å²) in [5.41, 5.74) is 5.68. The van der Waals surface area contributed by atoms with Crippen molar-refractivity contribution in [3.63, 3.8) is 0 Å². The van der Waals surface area contributed by atoms with Gasteiger partial charge in [0, 0.05) is 13.0 Å². The Morgan fingerprint density at radius 2 is 2.40 bits per heavy atom. The molecule has 1 atom stereocenters. The normalized spacial score (nSPS) is 12.9. The third kappa shape index (κ3) is 5.00. The van der Waals surface area contributed by atoms with Gasteiger partial charge < -0.3 is 15.5 Å². The number of hydrogen-bond acceptors (Lipinski definition) is 3. The lowest BCUT2D eigenvalue weighted by Gasteiger charge is -2.13. The SMILES string of the molecule is CCCC(CN)CNCCc1ccco1. The van der Waals surface area contributed by atoms with Crippen molar-refractivity contribution in [1.82, 2.24) is 5.32 Å². The molecule has 15 heavy (non-hydrogen) atoms. The van der Waals surface area contributed by atoms with E-state index in [1.165, 1.54) is 12.8 Å². The van der Waals surface area contributed by atoms with Crippen molar-refractivity contribution in [1.29, 1.82) is 0 Å². The van der Waals surface area contributed by atoms with Gasteiger partial charge in [0.25, 0.3) is 0 Å². The maximum absolute atomic E-state index is 5.68. The standard InChI is InChI=1S/C12H22N2O/c1-2-4-11(9-13)10-14-7-6-12-5-3-8-15-12/h3,5,8,11,14H,2,4,6-7,9-10,13H2,1H3. The molecule has 1 aromatic heterocycles. The second-order valence-electron chi connectivity index (χ2n) is 3.92. The molecule has 0 aliphatic carbocycles. The van der Waals surface area contributed by atoms with E-state index < -0.39 is 0 Å². The molecule has 0 fully saturated rings. The van der Waals surface area contributed by atoms with Gasteiger partial charge in [-0.3, -0.25) is 0 Å². The summed E-state index contributed by atoms with van der Waals surface area (Å²) in [6.45, 7) is 4.96. The van der Waals surface area contributed by atoms with Gasteiger partial charge in [-0.2, -0.15) is 0 Å². The molecule has 0 bridgehead atoms. The second-order valence-corrected chi connectivity index (χ2v) is 3.92. The van der Waals surface area contributed by atoms with Crippen molar-refractivity contribution >= 4 is 0 Å². The van der Waals surface area contributed by atoms with E-state index in [4.69, 9.17) is 10.2 Å². The molecule has 1 aromatic rings. The Kier molecular flexibility index (Phi) is 6.12. The Morgan fingerprint density at radius 1 is 1.53 bits per heavy atom. The molecular formula is C12H22N2O. The van der Waals surface area contributed by atoms with Crippen LogP contribution in [-0.4, -0.2) is 19.6 Å². The third-order valence-electron chi connectivity index (χ3n) is 2.59. The van der Waals surface area contributed by atoms with Crippen LogP contribution in [0.4, 0.5) is 0 Å². The van der Waals surface area contributed by atoms with Crippen LogP contribution in [0.2, 0.25) is 0 Å². The van der Waals surface area contributed by atoms with E-state index in [1.54, 1.807) is 6.26 Å². The highest BCUT2D eigenvalue weighted by Gasteiger charge is 2.04. The van der Waals surface area contributed by atoms with Crippen LogP contribution in [0.1, 0.15) is 25.5 Å². The molecule has 0 aliphatic heterocycles. The molecule has 1 rings (SSSR count). The molecule has 1 heterocycles. The fourth-order valence-corrected chi connectivity index (χ4v) is 1.68. The Balaban J connectivity index is 2.05. The summed E-state index contributed by atoms with van der Waals surface area (Å²) in [6, 6.07) is 3.93. The smallest absolute Gasteiger partial charge is 0.105 e. The van der Waals surface area contributed by atoms with Crippen molar-refractivity contribution in [3.05, 3.63) is 24.2 Å². The zero-order valence-corrected chi connectivity index (χ0v) is 9.54. The lowest BCUT2D eigenvalue weighted by atomic mass is 10.0. The van der Waals surface area contributed by atoms with Crippen LogP contribution in [0.25, 0.3) is 0 Å². The predicted octanol–water partition coefficient (Wildman–Crippen LogP) is 1.79. The number of nitrogens with two attached hydrogens (primary N) is 1. The molecule has 3 heteroatoms. The topological polar surface area (TPSA) is 51.2 Å². The first-order valence-corrected chi connectivity index (χ1v) is 5.80. The maximum Gasteiger partial charge on any atom is 0.105 e. The van der Waals surface area contributed by atoms with Crippen molar-refractivity contribution in [2.24, 2.45) is 11.7 Å². The number of rotatable bonds is 8. The average Bonchev–Trinajstić information content (AvgIpc) is 2.75. The third-order valence-corrected chi connectivity index (χ3v) is 2.59. The molecule has 0 saturated heterocycles. The molecule has 0 saturated carbocycles. The zero-order chi connectivity index (χ0) is 10.9. The van der Waals surface area contributed by atoms with Crippen molar-refractivity contribution in [3.8, 4) is 0 Å². The summed E-state index contributed by atoms with van der Waals surface area (Å²) >= 11 is 0. The van der Waals surface area contributed by atoms with Crippen molar-refractivity contribution < 1.29 is 4.42 Å². The first kappa shape index (κ1) is 12.3. The van der Waals surface area contributed by atoms with E-state index in [9.17, 15) is 0 Å². The summed E-state index contributed by atoms with van der Waals surface area (Å²) in [5.74, 6) is 1.66. The predicted molar refractivity (Wildman–Crippen MR) is 62.7 cm³/mol. The van der Waals surface area contributed by atoms with Gasteiger partial charge >= 0.3 is 0 Å². The van der Waals surface area contributed by atoms with E-state index in [-0.39, 0.29) is 0 Å². The van der Waals surface area contributed by atoms with Crippen LogP contribution < -0.4 is 11.1 Å². The molecule has 0 spiro atoms. The van der Waals surface area contributed by atoms with Crippen LogP contribution >= 0.6 is 0 Å². The van der Waals surface area contributed by atoms with Crippen LogP contribution in [-0.2, 0) is 6.42 Å². The Bertz CT molecular complexity index is 234. The fraction of sp³-hybridized carbons (Fsp3) is 0.667. The van der Waals surface area contributed by atoms with Gasteiger partial charge in [-0.1, -0.05) is 13.3 Å². The zero-order valence-electron chi connectivity index (χ0n) is 9.54. The summed E-state index contributed by atoms with van der Waals surface area (Å²) in [7, 11) is 0.